The van der Waals surface area contributed by atoms with Crippen molar-refractivity contribution in [1.29, 1.82) is 0 Å². The van der Waals surface area contributed by atoms with Crippen molar-refractivity contribution in [2.24, 2.45) is 11.5 Å². The fourth-order valence-electron chi connectivity index (χ4n) is 0.913. The van der Waals surface area contributed by atoms with E-state index in [0.29, 0.717) is 0 Å². The van der Waals surface area contributed by atoms with Crippen LogP contribution in [-0.2, 0) is 9.59 Å². The fourth-order valence-corrected chi connectivity index (χ4v) is 3.66. The number of carboxylic acids is 2. The first-order chi connectivity index (χ1) is 7.92. The average Bonchev–Trinajstić information content (AvgIpc) is 2.24. The zero-order valence-electron chi connectivity index (χ0n) is 10.8. The molecule has 0 aromatic heterocycles. The van der Waals surface area contributed by atoms with Crippen LogP contribution in [0.3, 0.4) is 0 Å². The molecule has 0 saturated heterocycles. The summed E-state index contributed by atoms with van der Waals surface area (Å²) in [5.74, 6) is -2.18. The highest BCUT2D eigenvalue weighted by Gasteiger charge is 2.39. The normalized spacial score (nSPS) is 16.1. The molecule has 0 radical (unpaired) electrons. The van der Waals surface area contributed by atoms with Gasteiger partial charge in [-0.2, -0.15) is 0 Å². The molecule has 0 heterocycles. The lowest BCUT2D eigenvalue weighted by Crippen LogP contribution is -2.49. The molecule has 0 saturated carbocycles. The largest absolute Gasteiger partial charge is 0.480 e. The maximum Gasteiger partial charge on any atom is 0.321 e. The van der Waals surface area contributed by atoms with E-state index in [-0.39, 0.29) is 0 Å². The molecule has 18 heavy (non-hydrogen) atoms. The van der Waals surface area contributed by atoms with Crippen LogP contribution in [0.15, 0.2) is 0 Å². The van der Waals surface area contributed by atoms with Crippen molar-refractivity contribution in [2.75, 3.05) is 0 Å². The summed E-state index contributed by atoms with van der Waals surface area (Å²) in [7, 11) is 2.47. The molecule has 8 heteroatoms. The number of aliphatic carboxylic acids is 2. The third-order valence-corrected chi connectivity index (χ3v) is 6.78. The molecular formula is C10H20N2O4S2. The van der Waals surface area contributed by atoms with Gasteiger partial charge in [0.1, 0.15) is 12.1 Å². The molecule has 0 bridgehead atoms. The van der Waals surface area contributed by atoms with Crippen molar-refractivity contribution >= 4 is 33.5 Å². The van der Waals surface area contributed by atoms with Gasteiger partial charge in [0, 0.05) is 9.49 Å². The van der Waals surface area contributed by atoms with Crippen molar-refractivity contribution in [3.8, 4) is 0 Å². The molecule has 6 nitrogen and oxygen atoms in total. The van der Waals surface area contributed by atoms with Crippen LogP contribution in [0.4, 0.5) is 0 Å². The predicted molar refractivity (Wildman–Crippen MR) is 74.6 cm³/mol. The van der Waals surface area contributed by atoms with Gasteiger partial charge in [-0.25, -0.2) is 0 Å². The lowest BCUT2D eigenvalue weighted by atomic mass is 10.1. The van der Waals surface area contributed by atoms with E-state index in [0.717, 1.165) is 0 Å². The molecule has 0 aliphatic rings. The molecule has 0 aliphatic heterocycles. The van der Waals surface area contributed by atoms with Gasteiger partial charge in [-0.15, -0.1) is 0 Å². The minimum Gasteiger partial charge on any atom is -0.480 e. The second-order valence-electron chi connectivity index (χ2n) is 5.01. The summed E-state index contributed by atoms with van der Waals surface area (Å²) in [5, 5.41) is 17.8. The molecule has 0 fully saturated rings. The number of carbonyl (C=O) groups is 2. The maximum absolute atomic E-state index is 10.8. The van der Waals surface area contributed by atoms with E-state index in [1.165, 1.54) is 21.6 Å². The molecule has 0 aliphatic carbocycles. The minimum atomic E-state index is -1.09. The van der Waals surface area contributed by atoms with Crippen LogP contribution in [0.25, 0.3) is 0 Å². The highest BCUT2D eigenvalue weighted by Crippen LogP contribution is 2.45. The monoisotopic (exact) mass is 296 g/mol. The lowest BCUT2D eigenvalue weighted by molar-refractivity contribution is -0.140. The Morgan fingerprint density at radius 3 is 1.28 bits per heavy atom. The van der Waals surface area contributed by atoms with E-state index in [9.17, 15) is 9.59 Å². The SMILES string of the molecule is CC(C)(SSC(C)(C)[C@@H](N)C(=O)O)[C@@H](N)C(=O)O. The number of hydrogen-bond acceptors (Lipinski definition) is 6. The van der Waals surface area contributed by atoms with Gasteiger partial charge in [0.05, 0.1) is 0 Å². The quantitative estimate of drug-likeness (QED) is 0.507. The van der Waals surface area contributed by atoms with Gasteiger partial charge < -0.3 is 21.7 Å². The van der Waals surface area contributed by atoms with Crippen LogP contribution >= 0.6 is 21.6 Å². The molecule has 0 aromatic rings. The van der Waals surface area contributed by atoms with Crippen LogP contribution in [0.1, 0.15) is 27.7 Å². The van der Waals surface area contributed by atoms with E-state index in [1.807, 2.05) is 0 Å². The first-order valence-electron chi connectivity index (χ1n) is 5.25. The molecule has 0 unspecified atom stereocenters. The Morgan fingerprint density at radius 2 is 1.11 bits per heavy atom. The predicted octanol–water partition coefficient (Wildman–Crippen LogP) is 0.749. The standard InChI is InChI=1S/C10H20N2O4S2/c1-9(2,5(11)7(13)14)17-18-10(3,4)6(12)8(15)16/h5-6H,11-12H2,1-4H3,(H,13,14)(H,15,16)/t5-,6-/m0/s1. The second kappa shape index (κ2) is 6.14. The van der Waals surface area contributed by atoms with Gasteiger partial charge >= 0.3 is 11.9 Å². The third kappa shape index (κ3) is 4.68. The van der Waals surface area contributed by atoms with Crippen molar-refractivity contribution in [2.45, 2.75) is 49.3 Å². The van der Waals surface area contributed by atoms with E-state index in [2.05, 4.69) is 0 Å². The Balaban J connectivity index is 4.65. The Hall–Kier alpha value is -0.440. The van der Waals surface area contributed by atoms with Crippen LogP contribution < -0.4 is 11.5 Å². The number of rotatable bonds is 7. The lowest BCUT2D eigenvalue weighted by Gasteiger charge is -2.33. The molecule has 106 valence electrons. The third-order valence-electron chi connectivity index (χ3n) is 2.50. The van der Waals surface area contributed by atoms with Gasteiger partial charge in [0.25, 0.3) is 0 Å². The van der Waals surface area contributed by atoms with Gasteiger partial charge in [0.15, 0.2) is 0 Å². The Morgan fingerprint density at radius 1 is 0.889 bits per heavy atom. The second-order valence-corrected chi connectivity index (χ2v) is 8.44. The van der Waals surface area contributed by atoms with Gasteiger partial charge in [-0.05, 0) is 27.7 Å². The summed E-state index contributed by atoms with van der Waals surface area (Å²) in [6.45, 7) is 6.80. The maximum atomic E-state index is 10.8. The molecule has 0 aromatic carbocycles. The Labute approximate surface area is 114 Å². The smallest absolute Gasteiger partial charge is 0.321 e. The summed E-state index contributed by atoms with van der Waals surface area (Å²) < 4.78 is -1.46. The van der Waals surface area contributed by atoms with Crippen molar-refractivity contribution < 1.29 is 19.8 Å². The number of nitrogens with two attached hydrogens (primary N) is 2. The van der Waals surface area contributed by atoms with E-state index < -0.39 is 33.5 Å². The minimum absolute atomic E-state index is 0.730. The van der Waals surface area contributed by atoms with Gasteiger partial charge in [0.2, 0.25) is 0 Å². The molecule has 0 spiro atoms. The van der Waals surface area contributed by atoms with E-state index >= 15 is 0 Å². The summed E-state index contributed by atoms with van der Waals surface area (Å²) in [4.78, 5) is 21.7. The average molecular weight is 296 g/mol. The highest BCUT2D eigenvalue weighted by molar-refractivity contribution is 8.77. The Kier molecular flexibility index (Phi) is 5.99. The zero-order valence-corrected chi connectivity index (χ0v) is 12.5. The van der Waals surface area contributed by atoms with Crippen molar-refractivity contribution in [3.05, 3.63) is 0 Å². The first kappa shape index (κ1) is 17.6. The Bertz CT molecular complexity index is 302. The topological polar surface area (TPSA) is 127 Å². The summed E-state index contributed by atoms with van der Waals surface area (Å²) in [6.07, 6.45) is 0. The summed E-state index contributed by atoms with van der Waals surface area (Å²) in [5.41, 5.74) is 11.2. The van der Waals surface area contributed by atoms with Gasteiger partial charge in [-0.3, -0.25) is 9.59 Å². The van der Waals surface area contributed by atoms with Gasteiger partial charge in [-0.1, -0.05) is 21.6 Å². The van der Waals surface area contributed by atoms with Crippen LogP contribution in [0.2, 0.25) is 0 Å². The summed E-state index contributed by atoms with van der Waals surface area (Å²) in [6, 6.07) is -2.07. The molecule has 0 amide bonds. The van der Waals surface area contributed by atoms with E-state index in [4.69, 9.17) is 21.7 Å². The van der Waals surface area contributed by atoms with Crippen LogP contribution in [-0.4, -0.2) is 43.7 Å². The number of carboxylic acid groups (broad SMARTS) is 2. The van der Waals surface area contributed by atoms with Crippen LogP contribution in [0.5, 0.6) is 0 Å². The highest BCUT2D eigenvalue weighted by atomic mass is 33.1. The van der Waals surface area contributed by atoms with Crippen molar-refractivity contribution in [3.63, 3.8) is 0 Å². The summed E-state index contributed by atoms with van der Waals surface area (Å²) >= 11 is 0. The molecule has 0 rings (SSSR count). The molecule has 6 N–H and O–H groups in total. The number of hydrogen-bond donors (Lipinski definition) is 4. The molecule has 2 atom stereocenters. The fraction of sp³-hybridized carbons (Fsp3) is 0.800. The first-order valence-corrected chi connectivity index (χ1v) is 7.40. The zero-order chi connectivity index (χ0) is 14.7. The molecular weight excluding hydrogens is 276 g/mol. The van der Waals surface area contributed by atoms with Crippen LogP contribution in [0, 0.1) is 0 Å². The van der Waals surface area contributed by atoms with E-state index in [1.54, 1.807) is 27.7 Å². The van der Waals surface area contributed by atoms with Crippen molar-refractivity contribution in [1.82, 2.24) is 0 Å².